The van der Waals surface area contributed by atoms with E-state index in [4.69, 9.17) is 18.9 Å². The Morgan fingerprint density at radius 2 is 0.791 bits per heavy atom. The summed E-state index contributed by atoms with van der Waals surface area (Å²) in [6.07, 6.45) is -2.87. The standard InChI is InChI=1S/C26H31F5O3.C25H29F5O3/c1-3-5-7-16-33-20-11-9-18(10-12-20)21-13-14-22(24(28)23(21)27)25(32)34-17-15-19(8-6-4-2)26(29,30)31;1-3-5-7-18(25(28,29)30)14-16-33-24(31)21-13-12-20(22(26)23(21)27)17-8-10-19(11-9-17)32-15-6-4-2/h9-14,19H,3-8,15-17H2,1-2H3;8-13,18H,3-7,14-16H2,1-2H3. The molecule has 6 nitrogen and oxygen atoms in total. The number of ether oxygens (including phenoxy) is 4. The SMILES string of the molecule is CCCCCOc1ccc(-c2ccc(C(=O)OCCC(CCCC)C(F)(F)F)c(F)c2F)cc1.CCCCOc1ccc(-c2ccc(C(=O)OCCC(CCCC)C(F)(F)F)c(F)c2F)cc1. The van der Waals surface area contributed by atoms with Crippen LogP contribution in [0.5, 0.6) is 11.5 Å². The van der Waals surface area contributed by atoms with Crippen LogP contribution in [0.2, 0.25) is 0 Å². The molecule has 0 aliphatic rings. The van der Waals surface area contributed by atoms with Crippen LogP contribution in [-0.4, -0.2) is 50.7 Å². The number of esters is 2. The molecule has 0 saturated carbocycles. The predicted octanol–water partition coefficient (Wildman–Crippen LogP) is 15.8. The third-order valence-electron chi connectivity index (χ3n) is 10.9. The average molecular weight is 959 g/mol. The van der Waals surface area contributed by atoms with Crippen LogP contribution in [0.4, 0.5) is 43.9 Å². The minimum atomic E-state index is -4.41. The van der Waals surface area contributed by atoms with Crippen molar-refractivity contribution in [2.45, 2.75) is 124 Å². The van der Waals surface area contributed by atoms with Gasteiger partial charge in [-0.15, -0.1) is 0 Å². The molecule has 2 unspecified atom stereocenters. The van der Waals surface area contributed by atoms with Crippen LogP contribution in [0.25, 0.3) is 22.3 Å². The summed E-state index contributed by atoms with van der Waals surface area (Å²) in [6, 6.07) is 17.5. The quantitative estimate of drug-likeness (QED) is 0.0374. The van der Waals surface area contributed by atoms with Gasteiger partial charge in [0.05, 0.1) is 49.4 Å². The molecule has 16 heteroatoms. The van der Waals surface area contributed by atoms with Crippen molar-refractivity contribution in [3.8, 4) is 33.8 Å². The number of hydrogen-bond acceptors (Lipinski definition) is 6. The van der Waals surface area contributed by atoms with Crippen molar-refractivity contribution in [2.24, 2.45) is 11.8 Å². The molecule has 4 aromatic rings. The third kappa shape index (κ3) is 18.0. The molecular weight excluding hydrogens is 899 g/mol. The van der Waals surface area contributed by atoms with E-state index in [1.165, 1.54) is 12.1 Å². The van der Waals surface area contributed by atoms with E-state index in [0.717, 1.165) is 44.2 Å². The number of benzene rings is 4. The van der Waals surface area contributed by atoms with Crippen LogP contribution < -0.4 is 9.47 Å². The molecule has 0 fully saturated rings. The smallest absolute Gasteiger partial charge is 0.391 e. The van der Waals surface area contributed by atoms with E-state index >= 15 is 0 Å². The molecule has 0 N–H and O–H groups in total. The van der Waals surface area contributed by atoms with Gasteiger partial charge in [0, 0.05) is 11.1 Å². The third-order valence-corrected chi connectivity index (χ3v) is 10.9. The zero-order valence-corrected chi connectivity index (χ0v) is 38.3. The van der Waals surface area contributed by atoms with E-state index in [9.17, 15) is 53.5 Å². The molecule has 0 radical (unpaired) electrons. The van der Waals surface area contributed by atoms with E-state index in [-0.39, 0.29) is 24.0 Å². The lowest BCUT2D eigenvalue weighted by Crippen LogP contribution is -2.25. The van der Waals surface area contributed by atoms with Gasteiger partial charge in [0.25, 0.3) is 0 Å². The molecule has 0 heterocycles. The van der Waals surface area contributed by atoms with E-state index in [0.29, 0.717) is 61.5 Å². The molecule has 0 aliphatic carbocycles. The molecule has 0 spiro atoms. The van der Waals surface area contributed by atoms with Crippen LogP contribution >= 0.6 is 0 Å². The molecule has 370 valence electrons. The maximum Gasteiger partial charge on any atom is 0.391 e. The summed E-state index contributed by atoms with van der Waals surface area (Å²) in [5.74, 6) is -9.68. The first-order chi connectivity index (χ1) is 31.9. The van der Waals surface area contributed by atoms with Gasteiger partial charge in [0.15, 0.2) is 23.3 Å². The molecule has 0 saturated heterocycles. The Kier molecular flexibility index (Phi) is 23.5. The van der Waals surface area contributed by atoms with E-state index < -0.39 is 96.6 Å². The molecule has 0 aliphatic heterocycles. The molecule has 67 heavy (non-hydrogen) atoms. The maximum atomic E-state index is 14.7. The molecule has 0 aromatic heterocycles. The topological polar surface area (TPSA) is 71.1 Å². The number of halogens is 10. The fourth-order valence-electron chi connectivity index (χ4n) is 6.79. The first kappa shape index (κ1) is 56.0. The monoisotopic (exact) mass is 958 g/mol. The summed E-state index contributed by atoms with van der Waals surface area (Å²) >= 11 is 0. The lowest BCUT2D eigenvalue weighted by atomic mass is 9.98. The fraction of sp³-hybridized carbons (Fsp3) is 0.490. The molecule has 0 bridgehead atoms. The Morgan fingerprint density at radius 3 is 1.13 bits per heavy atom. The van der Waals surface area contributed by atoms with Gasteiger partial charge in [-0.1, -0.05) is 109 Å². The van der Waals surface area contributed by atoms with Crippen LogP contribution in [0.3, 0.4) is 0 Å². The van der Waals surface area contributed by atoms with Gasteiger partial charge in [-0.2, -0.15) is 26.3 Å². The zero-order chi connectivity index (χ0) is 49.6. The van der Waals surface area contributed by atoms with Crippen LogP contribution in [0.15, 0.2) is 72.8 Å². The Bertz CT molecular complexity index is 2100. The minimum absolute atomic E-state index is 0.0525. The molecule has 4 aromatic carbocycles. The van der Waals surface area contributed by atoms with Crippen molar-refractivity contribution in [3.63, 3.8) is 0 Å². The summed E-state index contributed by atoms with van der Waals surface area (Å²) in [6.45, 7) is 7.74. The largest absolute Gasteiger partial charge is 0.494 e. The zero-order valence-electron chi connectivity index (χ0n) is 38.3. The lowest BCUT2D eigenvalue weighted by molar-refractivity contribution is -0.181. The number of unbranched alkanes of at least 4 members (excludes halogenated alkanes) is 5. The van der Waals surface area contributed by atoms with Crippen LogP contribution in [-0.2, 0) is 9.47 Å². The number of alkyl halides is 6. The average Bonchev–Trinajstić information content (AvgIpc) is 3.29. The molecule has 4 rings (SSSR count). The summed E-state index contributed by atoms with van der Waals surface area (Å²) in [7, 11) is 0. The van der Waals surface area contributed by atoms with Gasteiger partial charge >= 0.3 is 24.3 Å². The lowest BCUT2D eigenvalue weighted by Gasteiger charge is -2.20. The molecule has 2 atom stereocenters. The fourth-order valence-corrected chi connectivity index (χ4v) is 6.79. The van der Waals surface area contributed by atoms with Crippen molar-refractivity contribution >= 4 is 11.9 Å². The van der Waals surface area contributed by atoms with Crippen LogP contribution in [0, 0.1) is 35.1 Å². The highest BCUT2D eigenvalue weighted by molar-refractivity contribution is 5.91. The highest BCUT2D eigenvalue weighted by Gasteiger charge is 2.39. The Hall–Kier alpha value is -5.28. The first-order valence-electron chi connectivity index (χ1n) is 22.8. The minimum Gasteiger partial charge on any atom is -0.494 e. The van der Waals surface area contributed by atoms with E-state index in [1.54, 1.807) is 62.4 Å². The van der Waals surface area contributed by atoms with Gasteiger partial charge in [-0.3, -0.25) is 0 Å². The van der Waals surface area contributed by atoms with Gasteiger partial charge < -0.3 is 18.9 Å². The number of carbonyl (C=O) groups is 2. The summed E-state index contributed by atoms with van der Waals surface area (Å²) in [4.78, 5) is 24.3. The van der Waals surface area contributed by atoms with Crippen molar-refractivity contribution in [2.75, 3.05) is 26.4 Å². The highest BCUT2D eigenvalue weighted by Crippen LogP contribution is 2.35. The van der Waals surface area contributed by atoms with Crippen molar-refractivity contribution in [1.82, 2.24) is 0 Å². The second kappa shape index (κ2) is 28.1. The first-order valence-corrected chi connectivity index (χ1v) is 22.8. The van der Waals surface area contributed by atoms with Crippen LogP contribution in [0.1, 0.15) is 132 Å². The molecular formula is C51H60F10O6. The number of rotatable bonds is 25. The van der Waals surface area contributed by atoms with Crippen molar-refractivity contribution in [1.29, 1.82) is 0 Å². The summed E-state index contributed by atoms with van der Waals surface area (Å²) < 4.78 is 158. The predicted molar refractivity (Wildman–Crippen MR) is 237 cm³/mol. The van der Waals surface area contributed by atoms with Gasteiger partial charge in [-0.05, 0) is 86.1 Å². The Morgan fingerprint density at radius 1 is 0.433 bits per heavy atom. The summed E-state index contributed by atoms with van der Waals surface area (Å²) in [5, 5.41) is 0. The van der Waals surface area contributed by atoms with Gasteiger partial charge in [0.2, 0.25) is 0 Å². The van der Waals surface area contributed by atoms with Gasteiger partial charge in [0.1, 0.15) is 11.5 Å². The second-order valence-electron chi connectivity index (χ2n) is 16.0. The number of hydrogen-bond donors (Lipinski definition) is 0. The van der Waals surface area contributed by atoms with Gasteiger partial charge in [-0.25, -0.2) is 27.2 Å². The van der Waals surface area contributed by atoms with E-state index in [2.05, 4.69) is 6.92 Å². The Balaban J connectivity index is 0.000000355. The second-order valence-corrected chi connectivity index (χ2v) is 16.0. The maximum absolute atomic E-state index is 14.7. The van der Waals surface area contributed by atoms with Crippen molar-refractivity contribution in [3.05, 3.63) is 107 Å². The highest BCUT2D eigenvalue weighted by atomic mass is 19.4. The Labute approximate surface area is 386 Å². The summed E-state index contributed by atoms with van der Waals surface area (Å²) in [5.41, 5.74) is -0.648. The molecule has 0 amide bonds. The number of carbonyl (C=O) groups excluding carboxylic acids is 2. The van der Waals surface area contributed by atoms with E-state index in [1.807, 2.05) is 6.92 Å². The normalized spacial score (nSPS) is 12.4. The van der Waals surface area contributed by atoms with Crippen molar-refractivity contribution < 1.29 is 72.4 Å².